The number of aldehydes is 2. The van der Waals surface area contributed by atoms with E-state index in [0.717, 1.165) is 60.5 Å². The molecule has 52 heavy (non-hydrogen) atoms. The van der Waals surface area contributed by atoms with E-state index in [1.165, 1.54) is 44.5 Å². The van der Waals surface area contributed by atoms with Gasteiger partial charge in [-0.25, -0.2) is 0 Å². The average Bonchev–Trinajstić information content (AvgIpc) is 3.15. The molecule has 0 saturated heterocycles. The smallest absolute Gasteiger partial charge is 0.150 e. The maximum absolute atomic E-state index is 12.5. The zero-order chi connectivity index (χ0) is 36.7. The van der Waals surface area contributed by atoms with Gasteiger partial charge >= 0.3 is 0 Å². The van der Waals surface area contributed by atoms with Gasteiger partial charge in [-0.05, 0) is 170 Å². The van der Waals surface area contributed by atoms with Crippen LogP contribution in [0.5, 0.6) is 0 Å². The molecule has 0 N–H and O–H groups in total. The van der Waals surface area contributed by atoms with Crippen LogP contribution in [0.1, 0.15) is 115 Å². The Morgan fingerprint density at radius 1 is 0.423 bits per heavy atom. The number of carbonyl (C=O) groups is 2. The van der Waals surface area contributed by atoms with E-state index in [1.807, 2.05) is 27.7 Å². The third-order valence-electron chi connectivity index (χ3n) is 10.3. The van der Waals surface area contributed by atoms with E-state index < -0.39 is 0 Å². The van der Waals surface area contributed by atoms with Gasteiger partial charge in [0.05, 0.1) is 26.4 Å². The topological polar surface area (TPSA) is 71.1 Å². The first kappa shape index (κ1) is 39.3. The van der Waals surface area contributed by atoms with E-state index in [9.17, 15) is 9.59 Å². The molecule has 0 heterocycles. The van der Waals surface area contributed by atoms with Gasteiger partial charge in [0.2, 0.25) is 0 Å². The van der Waals surface area contributed by atoms with Crippen LogP contribution >= 0.6 is 0 Å². The van der Waals surface area contributed by atoms with Crippen molar-refractivity contribution in [3.05, 3.63) is 139 Å². The molecule has 0 aromatic heterocycles. The molecule has 276 valence electrons. The first-order chi connectivity index (χ1) is 25.5. The zero-order valence-corrected chi connectivity index (χ0v) is 31.7. The van der Waals surface area contributed by atoms with E-state index in [4.69, 9.17) is 18.9 Å². The molecule has 0 atom stereocenters. The Kier molecular flexibility index (Phi) is 15.4. The highest BCUT2D eigenvalue weighted by Crippen LogP contribution is 2.32. The van der Waals surface area contributed by atoms with Gasteiger partial charge in [0, 0.05) is 37.6 Å². The van der Waals surface area contributed by atoms with E-state index >= 15 is 0 Å². The Labute approximate surface area is 310 Å². The van der Waals surface area contributed by atoms with Crippen LogP contribution in [-0.4, -0.2) is 65.4 Å². The zero-order valence-electron chi connectivity index (χ0n) is 31.7. The van der Waals surface area contributed by atoms with Crippen molar-refractivity contribution in [1.82, 2.24) is 0 Å². The first-order valence-corrected chi connectivity index (χ1v) is 19.2. The Bertz CT molecular complexity index is 1570. The summed E-state index contributed by atoms with van der Waals surface area (Å²) in [6.45, 7) is 13.2. The summed E-state index contributed by atoms with van der Waals surface area (Å²) in [5, 5.41) is 0. The summed E-state index contributed by atoms with van der Waals surface area (Å²) in [7, 11) is 0. The van der Waals surface area contributed by atoms with Crippen molar-refractivity contribution in [2.24, 2.45) is 0 Å². The SMILES string of the molecule is CCOCCc1c2cccc1Cc1cc(C=O)cc(c1CCOCC)Cc1cccc(c1CCOCC)Cc1cc(C=O)cc(c1CCOCC)C2. The quantitative estimate of drug-likeness (QED) is 0.0676. The van der Waals surface area contributed by atoms with Crippen molar-refractivity contribution in [2.75, 3.05) is 52.9 Å². The maximum Gasteiger partial charge on any atom is 0.150 e. The Hall–Kier alpha value is -3.94. The molecule has 0 radical (unpaired) electrons. The Morgan fingerprint density at radius 3 is 0.904 bits per heavy atom. The third-order valence-corrected chi connectivity index (χ3v) is 10.3. The van der Waals surface area contributed by atoms with Gasteiger partial charge in [-0.1, -0.05) is 36.4 Å². The molecule has 0 spiro atoms. The molecule has 0 aliphatic heterocycles. The standard InChI is InChI=1S/C46H56O6/c1-5-49-19-15-43-35-11-9-12-36(43)28-40-24-34(32-48)26-42(46(40)18-22-52-8-4)30-38-14-10-13-37(44(38)16-20-50-6-2)29-41-25-33(31-47)23-39(27-35)45(41)17-21-51-7-3/h9-14,23-26,31-32H,5-8,15-22,27-30H2,1-4H3. The number of rotatable bonds is 18. The van der Waals surface area contributed by atoms with Gasteiger partial charge in [0.25, 0.3) is 0 Å². The fourth-order valence-electron chi connectivity index (χ4n) is 7.83. The highest BCUT2D eigenvalue weighted by molar-refractivity contribution is 5.77. The van der Waals surface area contributed by atoms with E-state index in [-0.39, 0.29) is 0 Å². The summed E-state index contributed by atoms with van der Waals surface area (Å²) in [5.41, 5.74) is 16.0. The van der Waals surface area contributed by atoms with Crippen LogP contribution in [0.15, 0.2) is 60.7 Å². The molecule has 1 aliphatic carbocycles. The molecule has 0 unspecified atom stereocenters. The summed E-state index contributed by atoms with van der Waals surface area (Å²) in [5.74, 6) is 0. The molecule has 1 aliphatic rings. The van der Waals surface area contributed by atoms with Crippen LogP contribution in [0.25, 0.3) is 0 Å². The Morgan fingerprint density at radius 2 is 0.673 bits per heavy atom. The summed E-state index contributed by atoms with van der Waals surface area (Å²) < 4.78 is 23.7. The van der Waals surface area contributed by atoms with Crippen LogP contribution in [0, 0.1) is 0 Å². The van der Waals surface area contributed by atoms with E-state index in [0.29, 0.717) is 89.7 Å². The predicted octanol–water partition coefficient (Wildman–Crippen LogP) is 8.30. The number of carbonyl (C=O) groups excluding carboxylic acids is 2. The lowest BCUT2D eigenvalue weighted by atomic mass is 9.82. The fraction of sp³-hybridized carbons (Fsp3) is 0.435. The summed E-state index contributed by atoms with van der Waals surface area (Å²) >= 11 is 0. The first-order valence-electron chi connectivity index (χ1n) is 19.2. The number of benzene rings is 4. The predicted molar refractivity (Wildman–Crippen MR) is 209 cm³/mol. The third kappa shape index (κ3) is 10.1. The minimum Gasteiger partial charge on any atom is -0.381 e. The number of hydrogen-bond donors (Lipinski definition) is 0. The average molecular weight is 705 g/mol. The molecule has 0 saturated carbocycles. The second-order valence-electron chi connectivity index (χ2n) is 13.5. The van der Waals surface area contributed by atoms with Crippen molar-refractivity contribution in [1.29, 1.82) is 0 Å². The minimum absolute atomic E-state index is 0.615. The van der Waals surface area contributed by atoms with Gasteiger partial charge in [0.1, 0.15) is 12.6 Å². The highest BCUT2D eigenvalue weighted by Gasteiger charge is 2.21. The van der Waals surface area contributed by atoms with Crippen LogP contribution in [-0.2, 0) is 70.3 Å². The number of hydrogen-bond acceptors (Lipinski definition) is 6. The lowest BCUT2D eigenvalue weighted by molar-refractivity contribution is 0.111. The van der Waals surface area contributed by atoms with Gasteiger partial charge in [-0.15, -0.1) is 0 Å². The largest absolute Gasteiger partial charge is 0.381 e. The highest BCUT2D eigenvalue weighted by atomic mass is 16.5. The molecule has 6 heteroatoms. The van der Waals surface area contributed by atoms with E-state index in [2.05, 4.69) is 60.7 Å². The fourth-order valence-corrected chi connectivity index (χ4v) is 7.83. The molecule has 0 amide bonds. The summed E-state index contributed by atoms with van der Waals surface area (Å²) in [6.07, 6.45) is 7.82. The lowest BCUT2D eigenvalue weighted by Gasteiger charge is -2.23. The van der Waals surface area contributed by atoms with Crippen molar-refractivity contribution in [2.45, 2.75) is 79.1 Å². The number of ether oxygens (including phenoxy) is 4. The molecule has 4 aromatic carbocycles. The molecular formula is C46H56O6. The molecular weight excluding hydrogens is 649 g/mol. The maximum atomic E-state index is 12.5. The second kappa shape index (κ2) is 20.3. The van der Waals surface area contributed by atoms with Crippen LogP contribution in [0.3, 0.4) is 0 Å². The molecule has 5 rings (SSSR count). The van der Waals surface area contributed by atoms with Crippen LogP contribution < -0.4 is 0 Å². The summed E-state index contributed by atoms with van der Waals surface area (Å²) in [4.78, 5) is 25.0. The van der Waals surface area contributed by atoms with Crippen molar-refractivity contribution in [3.8, 4) is 0 Å². The van der Waals surface area contributed by atoms with E-state index in [1.54, 1.807) is 0 Å². The van der Waals surface area contributed by atoms with Crippen molar-refractivity contribution >= 4 is 12.6 Å². The van der Waals surface area contributed by atoms with Gasteiger partial charge in [-0.3, -0.25) is 9.59 Å². The van der Waals surface area contributed by atoms with Crippen LogP contribution in [0.2, 0.25) is 0 Å². The van der Waals surface area contributed by atoms with Crippen molar-refractivity contribution < 1.29 is 28.5 Å². The molecule has 4 aromatic rings. The lowest BCUT2D eigenvalue weighted by Crippen LogP contribution is -2.14. The van der Waals surface area contributed by atoms with Gasteiger partial charge < -0.3 is 18.9 Å². The monoisotopic (exact) mass is 704 g/mol. The van der Waals surface area contributed by atoms with Gasteiger partial charge in [0.15, 0.2) is 0 Å². The van der Waals surface area contributed by atoms with Crippen molar-refractivity contribution in [3.63, 3.8) is 0 Å². The minimum atomic E-state index is 0.615. The second-order valence-corrected chi connectivity index (χ2v) is 13.5. The number of fused-ring (bicyclic) bond motifs is 8. The Balaban J connectivity index is 1.79. The van der Waals surface area contributed by atoms with Crippen LogP contribution in [0.4, 0.5) is 0 Å². The molecule has 8 bridgehead atoms. The molecule has 0 fully saturated rings. The normalized spacial score (nSPS) is 12.5. The molecule has 6 nitrogen and oxygen atoms in total. The van der Waals surface area contributed by atoms with Gasteiger partial charge in [-0.2, -0.15) is 0 Å². The summed E-state index contributed by atoms with van der Waals surface area (Å²) in [6, 6.07) is 21.5.